The molecule has 1 aromatic rings. The molecule has 1 aliphatic heterocycles. The van der Waals surface area contributed by atoms with Gasteiger partial charge < -0.3 is 9.47 Å². The van der Waals surface area contributed by atoms with Crippen LogP contribution in [-0.2, 0) is 25.5 Å². The van der Waals surface area contributed by atoms with Gasteiger partial charge in [0.2, 0.25) is 0 Å². The van der Waals surface area contributed by atoms with Crippen molar-refractivity contribution in [1.29, 1.82) is 0 Å². The van der Waals surface area contributed by atoms with Crippen molar-refractivity contribution in [3.8, 4) is 0 Å². The van der Waals surface area contributed by atoms with Crippen LogP contribution in [0.5, 0.6) is 0 Å². The van der Waals surface area contributed by atoms with E-state index >= 15 is 0 Å². The molecule has 0 aliphatic carbocycles. The number of benzene rings is 1. The monoisotopic (exact) mass is 358 g/mol. The number of carbonyl (C=O) groups excluding carboxylic acids is 2. The van der Waals surface area contributed by atoms with E-state index in [2.05, 4.69) is 15.9 Å². The lowest BCUT2D eigenvalue weighted by Gasteiger charge is -2.33. The largest absolute Gasteiger partial charge is 0.465 e. The number of halogens is 2. The van der Waals surface area contributed by atoms with Crippen molar-refractivity contribution in [1.82, 2.24) is 0 Å². The molecule has 6 heteroatoms. The van der Waals surface area contributed by atoms with Gasteiger partial charge in [-0.3, -0.25) is 9.59 Å². The van der Waals surface area contributed by atoms with E-state index in [1.165, 1.54) is 6.07 Å². The molecule has 21 heavy (non-hydrogen) atoms. The van der Waals surface area contributed by atoms with E-state index in [9.17, 15) is 14.0 Å². The average Bonchev–Trinajstić information content (AvgIpc) is 2.45. The Kier molecular flexibility index (Phi) is 5.11. The van der Waals surface area contributed by atoms with Crippen molar-refractivity contribution in [2.75, 3.05) is 19.8 Å². The Morgan fingerprint density at radius 2 is 2.29 bits per heavy atom. The Morgan fingerprint density at radius 3 is 2.90 bits per heavy atom. The van der Waals surface area contributed by atoms with Gasteiger partial charge in [0.05, 0.1) is 24.3 Å². The maximum atomic E-state index is 13.3. The van der Waals surface area contributed by atoms with Crippen LogP contribution in [0, 0.1) is 11.2 Å². The average molecular weight is 359 g/mol. The van der Waals surface area contributed by atoms with Gasteiger partial charge in [0.15, 0.2) is 11.2 Å². The third kappa shape index (κ3) is 3.32. The van der Waals surface area contributed by atoms with Crippen LogP contribution < -0.4 is 0 Å². The molecule has 0 radical (unpaired) electrons. The molecule has 0 saturated carbocycles. The summed E-state index contributed by atoms with van der Waals surface area (Å²) in [5, 5.41) is 0. The van der Waals surface area contributed by atoms with Crippen LogP contribution in [0.3, 0.4) is 0 Å². The van der Waals surface area contributed by atoms with E-state index in [0.717, 1.165) is 0 Å². The molecule has 0 N–H and O–H groups in total. The lowest BCUT2D eigenvalue weighted by molar-refractivity contribution is -0.169. The summed E-state index contributed by atoms with van der Waals surface area (Å²) in [6.07, 6.45) is 0.324. The SMILES string of the molecule is CCOC(=O)C1(Cc2ccc(F)c(Br)c2)COCCC1=O. The van der Waals surface area contributed by atoms with E-state index in [1.807, 2.05) is 0 Å². The highest BCUT2D eigenvalue weighted by molar-refractivity contribution is 9.10. The lowest BCUT2D eigenvalue weighted by atomic mass is 9.76. The Morgan fingerprint density at radius 1 is 1.52 bits per heavy atom. The summed E-state index contributed by atoms with van der Waals surface area (Å²) >= 11 is 3.10. The second kappa shape index (κ2) is 6.66. The van der Waals surface area contributed by atoms with Gasteiger partial charge in [-0.1, -0.05) is 6.07 Å². The van der Waals surface area contributed by atoms with Gasteiger partial charge in [-0.2, -0.15) is 0 Å². The maximum absolute atomic E-state index is 13.3. The highest BCUT2D eigenvalue weighted by atomic mass is 79.9. The molecule has 0 bridgehead atoms. The van der Waals surface area contributed by atoms with Gasteiger partial charge in [0.25, 0.3) is 0 Å². The van der Waals surface area contributed by atoms with E-state index in [-0.39, 0.29) is 31.8 Å². The molecule has 1 atom stereocenters. The molecule has 0 amide bonds. The molecule has 1 fully saturated rings. The molecule has 1 aliphatic rings. The molecule has 114 valence electrons. The van der Waals surface area contributed by atoms with E-state index in [1.54, 1.807) is 19.1 Å². The fourth-order valence-electron chi connectivity index (χ4n) is 2.39. The quantitative estimate of drug-likeness (QED) is 0.613. The number of carbonyl (C=O) groups is 2. The van der Waals surface area contributed by atoms with Crippen molar-refractivity contribution in [2.45, 2.75) is 19.8 Å². The summed E-state index contributed by atoms with van der Waals surface area (Å²) in [4.78, 5) is 24.6. The number of rotatable bonds is 4. The molecule has 0 spiro atoms. The maximum Gasteiger partial charge on any atom is 0.322 e. The molecule has 1 unspecified atom stereocenters. The summed E-state index contributed by atoms with van der Waals surface area (Å²) in [5.41, 5.74) is -0.652. The zero-order valence-electron chi connectivity index (χ0n) is 11.7. The van der Waals surface area contributed by atoms with Crippen molar-refractivity contribution >= 4 is 27.7 Å². The highest BCUT2D eigenvalue weighted by Gasteiger charge is 2.49. The number of esters is 1. The van der Waals surface area contributed by atoms with E-state index < -0.39 is 17.2 Å². The standard InChI is InChI=1S/C15H16BrFO4/c1-2-21-14(19)15(9-20-6-5-13(15)18)8-10-3-4-12(17)11(16)7-10/h3-4,7H,2,5-6,8-9H2,1H3. The van der Waals surface area contributed by atoms with Crippen molar-refractivity contribution in [3.63, 3.8) is 0 Å². The summed E-state index contributed by atoms with van der Waals surface area (Å²) < 4.78 is 24.0. The molecule has 2 rings (SSSR count). The summed E-state index contributed by atoms with van der Waals surface area (Å²) in [5.74, 6) is -1.15. The minimum absolute atomic E-state index is 0.000335. The Balaban J connectivity index is 2.33. The number of hydrogen-bond acceptors (Lipinski definition) is 4. The van der Waals surface area contributed by atoms with Crippen molar-refractivity contribution < 1.29 is 23.5 Å². The van der Waals surface area contributed by atoms with Gasteiger partial charge in [-0.15, -0.1) is 0 Å². The molecule has 1 saturated heterocycles. The predicted octanol–water partition coefficient (Wildman–Crippen LogP) is 2.67. The first-order valence-corrected chi connectivity index (χ1v) is 7.51. The van der Waals surface area contributed by atoms with E-state index in [0.29, 0.717) is 16.6 Å². The highest BCUT2D eigenvalue weighted by Crippen LogP contribution is 2.32. The zero-order valence-corrected chi connectivity index (χ0v) is 13.2. The van der Waals surface area contributed by atoms with Gasteiger partial charge in [-0.05, 0) is 47.0 Å². The number of ether oxygens (including phenoxy) is 2. The van der Waals surface area contributed by atoms with Crippen LogP contribution in [0.15, 0.2) is 22.7 Å². The van der Waals surface area contributed by atoms with Gasteiger partial charge in [0.1, 0.15) is 5.82 Å². The first kappa shape index (κ1) is 16.1. The summed E-state index contributed by atoms with van der Waals surface area (Å²) in [6, 6.07) is 4.42. The topological polar surface area (TPSA) is 52.6 Å². The second-order valence-corrected chi connectivity index (χ2v) is 5.81. The third-order valence-corrected chi connectivity index (χ3v) is 4.12. The molecule has 0 aromatic heterocycles. The Hall–Kier alpha value is -1.27. The van der Waals surface area contributed by atoms with Gasteiger partial charge >= 0.3 is 5.97 Å². The molecular weight excluding hydrogens is 343 g/mol. The Bertz CT molecular complexity index is 561. The number of hydrogen-bond donors (Lipinski definition) is 0. The first-order chi connectivity index (χ1) is 9.99. The number of Topliss-reactive ketones (excluding diaryl/α,β-unsaturated/α-hetero) is 1. The van der Waals surface area contributed by atoms with Crippen LogP contribution in [0.2, 0.25) is 0 Å². The minimum atomic E-state index is -1.33. The first-order valence-electron chi connectivity index (χ1n) is 6.72. The molecule has 4 nitrogen and oxygen atoms in total. The molecular formula is C15H16BrFO4. The zero-order chi connectivity index (χ0) is 15.5. The van der Waals surface area contributed by atoms with Crippen molar-refractivity contribution in [3.05, 3.63) is 34.1 Å². The summed E-state index contributed by atoms with van der Waals surface area (Å²) in [6.45, 7) is 2.20. The van der Waals surface area contributed by atoms with Crippen LogP contribution >= 0.6 is 15.9 Å². The normalized spacial score (nSPS) is 22.1. The minimum Gasteiger partial charge on any atom is -0.465 e. The van der Waals surface area contributed by atoms with Crippen molar-refractivity contribution in [2.24, 2.45) is 5.41 Å². The van der Waals surface area contributed by atoms with Crippen LogP contribution in [0.25, 0.3) is 0 Å². The molecule has 1 aromatic carbocycles. The van der Waals surface area contributed by atoms with E-state index in [4.69, 9.17) is 9.47 Å². The summed E-state index contributed by atoms with van der Waals surface area (Å²) in [7, 11) is 0. The fourth-order valence-corrected chi connectivity index (χ4v) is 2.82. The van der Waals surface area contributed by atoms with Gasteiger partial charge in [0, 0.05) is 6.42 Å². The Labute approximate surface area is 130 Å². The number of ketones is 1. The van der Waals surface area contributed by atoms with Crippen LogP contribution in [0.1, 0.15) is 18.9 Å². The van der Waals surface area contributed by atoms with Crippen LogP contribution in [-0.4, -0.2) is 31.6 Å². The molecule has 1 heterocycles. The third-order valence-electron chi connectivity index (χ3n) is 3.51. The lowest BCUT2D eigenvalue weighted by Crippen LogP contribution is -2.49. The smallest absolute Gasteiger partial charge is 0.322 e. The predicted molar refractivity (Wildman–Crippen MR) is 77.3 cm³/mol. The second-order valence-electron chi connectivity index (χ2n) is 4.95. The van der Waals surface area contributed by atoms with Gasteiger partial charge in [-0.25, -0.2) is 4.39 Å². The fraction of sp³-hybridized carbons (Fsp3) is 0.467. The van der Waals surface area contributed by atoms with Crippen LogP contribution in [0.4, 0.5) is 4.39 Å².